The van der Waals surface area contributed by atoms with Crippen LogP contribution in [0.5, 0.6) is 0 Å². The van der Waals surface area contributed by atoms with Gasteiger partial charge >= 0.3 is 0 Å². The maximum Gasteiger partial charge on any atom is 0.142 e. The molecule has 2 aromatic heterocycles. The van der Waals surface area contributed by atoms with Gasteiger partial charge < -0.3 is 4.42 Å². The van der Waals surface area contributed by atoms with Gasteiger partial charge in [-0.1, -0.05) is 70.7 Å². The van der Waals surface area contributed by atoms with E-state index in [0.717, 1.165) is 33.1 Å². The number of nitrogens with zero attached hydrogens (tertiary/aromatic N) is 2. The topological polar surface area (TPSA) is 31.0 Å². The standard InChI is InChI=1S/C28H30B2N2O/c1-26(2)20-21(27(3,4)28(26,5)6)23(30)25-24(22(20)29)31-14-32(25)15-11-12-19-17(13-15)16-9-7-8-10-18(16)33-19/h7-14H,29-30H2,1-6H3. The molecule has 0 spiro atoms. The molecule has 0 bridgehead atoms. The van der Waals surface area contributed by atoms with Crippen molar-refractivity contribution < 1.29 is 4.42 Å². The van der Waals surface area contributed by atoms with Gasteiger partial charge in [0, 0.05) is 16.5 Å². The van der Waals surface area contributed by atoms with Crippen LogP contribution in [0.1, 0.15) is 52.7 Å². The average molecular weight is 432 g/mol. The second-order valence-corrected chi connectivity index (χ2v) is 11.5. The highest BCUT2D eigenvalue weighted by atomic mass is 16.3. The summed E-state index contributed by atoms with van der Waals surface area (Å²) >= 11 is 0. The summed E-state index contributed by atoms with van der Waals surface area (Å²) < 4.78 is 8.34. The first-order chi connectivity index (χ1) is 15.5. The molecule has 0 saturated heterocycles. The Kier molecular flexibility index (Phi) is 3.84. The molecule has 2 heterocycles. The van der Waals surface area contributed by atoms with Crippen molar-refractivity contribution in [3.8, 4) is 5.69 Å². The van der Waals surface area contributed by atoms with E-state index in [4.69, 9.17) is 9.40 Å². The molecule has 164 valence electrons. The average Bonchev–Trinajstić information content (AvgIpc) is 3.39. The van der Waals surface area contributed by atoms with Crippen molar-refractivity contribution >= 4 is 59.6 Å². The Labute approximate surface area is 197 Å². The predicted molar refractivity (Wildman–Crippen MR) is 145 cm³/mol. The molecule has 0 N–H and O–H groups in total. The molecule has 0 aliphatic heterocycles. The highest BCUT2D eigenvalue weighted by molar-refractivity contribution is 6.46. The van der Waals surface area contributed by atoms with E-state index in [-0.39, 0.29) is 16.2 Å². The van der Waals surface area contributed by atoms with Gasteiger partial charge in [0.15, 0.2) is 0 Å². The van der Waals surface area contributed by atoms with Gasteiger partial charge in [-0.3, -0.25) is 4.57 Å². The Hall–Kier alpha value is -2.94. The first-order valence-corrected chi connectivity index (χ1v) is 11.9. The van der Waals surface area contributed by atoms with E-state index in [1.165, 1.54) is 27.6 Å². The Balaban J connectivity index is 1.68. The maximum absolute atomic E-state index is 6.06. The van der Waals surface area contributed by atoms with Crippen LogP contribution < -0.4 is 10.9 Å². The van der Waals surface area contributed by atoms with E-state index in [1.807, 2.05) is 18.5 Å². The lowest BCUT2D eigenvalue weighted by molar-refractivity contribution is 0.125. The van der Waals surface area contributed by atoms with E-state index in [2.05, 4.69) is 92.1 Å². The number of benzene rings is 3. The fraction of sp³-hybridized carbons (Fsp3) is 0.321. The number of hydrogen-bond donors (Lipinski definition) is 0. The van der Waals surface area contributed by atoms with Crippen LogP contribution >= 0.6 is 0 Å². The molecule has 0 unspecified atom stereocenters. The second-order valence-electron chi connectivity index (χ2n) is 11.5. The molecule has 3 nitrogen and oxygen atoms in total. The number of hydrogen-bond acceptors (Lipinski definition) is 2. The third-order valence-corrected chi connectivity index (χ3v) is 9.49. The van der Waals surface area contributed by atoms with Gasteiger partial charge in [0.25, 0.3) is 0 Å². The minimum Gasteiger partial charge on any atom is -0.456 e. The molecule has 0 atom stereocenters. The van der Waals surface area contributed by atoms with Crippen LogP contribution in [0.4, 0.5) is 0 Å². The molecule has 0 fully saturated rings. The normalized spacial score (nSPS) is 18.4. The number of furan rings is 1. The van der Waals surface area contributed by atoms with Crippen LogP contribution in [-0.2, 0) is 10.8 Å². The van der Waals surface area contributed by atoms with E-state index in [1.54, 1.807) is 0 Å². The molecule has 0 radical (unpaired) electrons. The van der Waals surface area contributed by atoms with Gasteiger partial charge in [-0.05, 0) is 51.6 Å². The lowest BCUT2D eigenvalue weighted by atomic mass is 9.58. The van der Waals surface area contributed by atoms with Crippen LogP contribution in [-0.4, -0.2) is 25.2 Å². The van der Waals surface area contributed by atoms with Gasteiger partial charge in [-0.2, -0.15) is 0 Å². The van der Waals surface area contributed by atoms with Crippen LogP contribution in [0.15, 0.2) is 53.2 Å². The maximum atomic E-state index is 6.06. The number of fused-ring (bicyclic) bond motifs is 5. The van der Waals surface area contributed by atoms with E-state index < -0.39 is 0 Å². The Morgan fingerprint density at radius 1 is 0.788 bits per heavy atom. The van der Waals surface area contributed by atoms with Gasteiger partial charge in [-0.25, -0.2) is 4.98 Å². The summed E-state index contributed by atoms with van der Waals surface area (Å²) in [5.74, 6) is 0. The second kappa shape index (κ2) is 6.14. The molecule has 3 aromatic carbocycles. The first-order valence-electron chi connectivity index (χ1n) is 11.9. The molecule has 0 saturated carbocycles. The van der Waals surface area contributed by atoms with Crippen LogP contribution in [0.3, 0.4) is 0 Å². The molecule has 6 rings (SSSR count). The highest BCUT2D eigenvalue weighted by Crippen LogP contribution is 2.60. The van der Waals surface area contributed by atoms with Crippen LogP contribution in [0.2, 0.25) is 0 Å². The number of rotatable bonds is 1. The zero-order valence-corrected chi connectivity index (χ0v) is 20.9. The van der Waals surface area contributed by atoms with E-state index in [9.17, 15) is 0 Å². The zero-order valence-electron chi connectivity index (χ0n) is 20.9. The van der Waals surface area contributed by atoms with Gasteiger partial charge in [0.1, 0.15) is 33.2 Å². The molecule has 1 aliphatic rings. The smallest absolute Gasteiger partial charge is 0.142 e. The quantitative estimate of drug-likeness (QED) is 0.375. The third-order valence-electron chi connectivity index (χ3n) is 9.49. The van der Waals surface area contributed by atoms with E-state index in [0.29, 0.717) is 0 Å². The van der Waals surface area contributed by atoms with Crippen LogP contribution in [0.25, 0.3) is 38.7 Å². The summed E-state index contributed by atoms with van der Waals surface area (Å²) in [4.78, 5) is 4.96. The van der Waals surface area contributed by atoms with Gasteiger partial charge in [0.2, 0.25) is 0 Å². The van der Waals surface area contributed by atoms with Crippen LogP contribution in [0, 0.1) is 5.41 Å². The van der Waals surface area contributed by atoms with Crippen molar-refractivity contribution in [2.75, 3.05) is 0 Å². The molecule has 5 heteroatoms. The van der Waals surface area contributed by atoms with Gasteiger partial charge in [-0.15, -0.1) is 0 Å². The molecule has 5 aromatic rings. The number of para-hydroxylation sites is 1. The lowest BCUT2D eigenvalue weighted by Gasteiger charge is -2.45. The number of imidazole rings is 1. The predicted octanol–water partition coefficient (Wildman–Crippen LogP) is 4.04. The largest absolute Gasteiger partial charge is 0.456 e. The lowest BCUT2D eigenvalue weighted by Crippen LogP contribution is -2.43. The molecular formula is C28H30B2N2O. The first kappa shape index (κ1) is 20.7. The fourth-order valence-corrected chi connectivity index (χ4v) is 6.62. The van der Waals surface area contributed by atoms with Gasteiger partial charge in [0.05, 0.1) is 11.0 Å². The third kappa shape index (κ3) is 2.31. The SMILES string of the molecule is Bc1c2c(c(B)c3c1ncn3-c1ccc3oc4ccccc4c3c1)C(C)(C)C(C)(C)C2(C)C. The fourth-order valence-electron chi connectivity index (χ4n) is 6.62. The van der Waals surface area contributed by atoms with Crippen molar-refractivity contribution in [1.29, 1.82) is 0 Å². The van der Waals surface area contributed by atoms with Crippen molar-refractivity contribution in [3.05, 3.63) is 59.9 Å². The highest BCUT2D eigenvalue weighted by Gasteiger charge is 2.58. The van der Waals surface area contributed by atoms with Crippen molar-refractivity contribution in [1.82, 2.24) is 9.55 Å². The monoisotopic (exact) mass is 432 g/mol. The molecule has 1 aliphatic carbocycles. The molecular weight excluding hydrogens is 402 g/mol. The summed E-state index contributed by atoms with van der Waals surface area (Å²) in [5, 5.41) is 2.29. The van der Waals surface area contributed by atoms with Crippen molar-refractivity contribution in [2.45, 2.75) is 52.4 Å². The summed E-state index contributed by atoms with van der Waals surface area (Å²) in [6.07, 6.45) is 1.99. The Morgan fingerprint density at radius 2 is 1.42 bits per heavy atom. The number of aromatic nitrogens is 2. The van der Waals surface area contributed by atoms with Crippen molar-refractivity contribution in [3.63, 3.8) is 0 Å². The minimum absolute atomic E-state index is 0.0503. The van der Waals surface area contributed by atoms with Crippen molar-refractivity contribution in [2.24, 2.45) is 5.41 Å². The minimum atomic E-state index is 0.0503. The summed E-state index contributed by atoms with van der Waals surface area (Å²) in [7, 11) is 4.56. The molecule has 33 heavy (non-hydrogen) atoms. The van der Waals surface area contributed by atoms with E-state index >= 15 is 0 Å². The summed E-state index contributed by atoms with van der Waals surface area (Å²) in [5.41, 5.74) is 11.2. The Bertz CT molecular complexity index is 1620. The summed E-state index contributed by atoms with van der Waals surface area (Å²) in [6.45, 7) is 14.5. The molecule has 0 amide bonds. The summed E-state index contributed by atoms with van der Waals surface area (Å²) in [6, 6.07) is 14.7. The zero-order chi connectivity index (χ0) is 23.5. The Morgan fingerprint density at radius 3 is 2.15 bits per heavy atom.